The van der Waals surface area contributed by atoms with Crippen LogP contribution in [-0.2, 0) is 0 Å². The molecule has 0 aromatic heterocycles. The van der Waals surface area contributed by atoms with Crippen molar-refractivity contribution in [2.45, 2.75) is 6.92 Å². The van der Waals surface area contributed by atoms with Gasteiger partial charge in [-0.25, -0.2) is 0 Å². The van der Waals surface area contributed by atoms with Crippen molar-refractivity contribution in [3.8, 4) is 0 Å². The van der Waals surface area contributed by atoms with Gasteiger partial charge in [0.2, 0.25) is 0 Å². The van der Waals surface area contributed by atoms with Crippen LogP contribution >= 0.6 is 0 Å². The molecule has 0 spiro atoms. The first-order chi connectivity index (χ1) is 3.31. The Morgan fingerprint density at radius 1 is 1.43 bits per heavy atom. The number of rotatable bonds is 1. The highest BCUT2D eigenvalue weighted by molar-refractivity contribution is 5.12. The Balaban J connectivity index is 3.58. The Bertz CT molecular complexity index is 92.3. The number of hydrogen-bond donors (Lipinski definition) is 2. The lowest BCUT2D eigenvalue weighted by Gasteiger charge is -1.81. The normalized spacial score (nSPS) is 13.0. The van der Waals surface area contributed by atoms with Crippen molar-refractivity contribution in [1.29, 1.82) is 0 Å². The quantitative estimate of drug-likeness (QED) is 0.464. The highest BCUT2D eigenvalue weighted by Crippen LogP contribution is 1.86. The molecule has 0 aromatic rings. The van der Waals surface area contributed by atoms with E-state index in [-0.39, 0.29) is 0 Å². The van der Waals surface area contributed by atoms with Crippen molar-refractivity contribution in [2.24, 2.45) is 11.5 Å². The molecule has 40 valence electrons. The van der Waals surface area contributed by atoms with Crippen molar-refractivity contribution >= 4 is 0 Å². The maximum atomic E-state index is 5.09. The molecule has 0 aliphatic rings. The maximum Gasteiger partial charge on any atom is -0.00320 e. The van der Waals surface area contributed by atoms with E-state index >= 15 is 0 Å². The highest BCUT2D eigenvalue weighted by Gasteiger charge is 1.70. The summed E-state index contributed by atoms with van der Waals surface area (Å²) >= 11 is 0. The fraction of sp³-hybridized carbons (Fsp3) is 0.200. The van der Waals surface area contributed by atoms with Crippen LogP contribution < -0.4 is 11.5 Å². The molecule has 0 bridgehead atoms. The summed E-state index contributed by atoms with van der Waals surface area (Å²) in [5, 5.41) is 0. The highest BCUT2D eigenvalue weighted by atomic mass is 14.5. The fourth-order valence-corrected chi connectivity index (χ4v) is 0.207. The molecule has 0 heterocycles. The average Bonchev–Trinajstić information content (AvgIpc) is 1.68. The summed E-state index contributed by atoms with van der Waals surface area (Å²) < 4.78 is 0. The molecule has 0 amide bonds. The van der Waals surface area contributed by atoms with Crippen LogP contribution in [0.5, 0.6) is 0 Å². The molecule has 0 atom stereocenters. The van der Waals surface area contributed by atoms with Crippen molar-refractivity contribution in [1.82, 2.24) is 0 Å². The van der Waals surface area contributed by atoms with Gasteiger partial charge in [0.25, 0.3) is 0 Å². The molecule has 0 fully saturated rings. The van der Waals surface area contributed by atoms with Crippen LogP contribution in [-0.4, -0.2) is 0 Å². The predicted molar refractivity (Wildman–Crippen MR) is 31.3 cm³/mol. The first kappa shape index (κ1) is 6.08. The van der Waals surface area contributed by atoms with Gasteiger partial charge in [0.05, 0.1) is 0 Å². The Morgan fingerprint density at radius 2 is 2.00 bits per heavy atom. The van der Waals surface area contributed by atoms with Crippen LogP contribution in [0, 0.1) is 0 Å². The summed E-state index contributed by atoms with van der Waals surface area (Å²) in [6.45, 7) is 1.88. The lowest BCUT2D eigenvalue weighted by atomic mass is 10.3. The summed E-state index contributed by atoms with van der Waals surface area (Å²) in [6, 6.07) is 0. The third-order valence-corrected chi connectivity index (χ3v) is 0.622. The third kappa shape index (κ3) is 2.89. The zero-order valence-electron chi connectivity index (χ0n) is 4.39. The molecule has 2 nitrogen and oxygen atoms in total. The van der Waals surface area contributed by atoms with E-state index in [0.29, 0.717) is 0 Å². The van der Waals surface area contributed by atoms with Gasteiger partial charge in [-0.3, -0.25) is 0 Å². The SMILES string of the molecule is CC(/C=C\N)=C\N. The first-order valence-corrected chi connectivity index (χ1v) is 2.08. The van der Waals surface area contributed by atoms with Gasteiger partial charge in [0.1, 0.15) is 0 Å². The zero-order chi connectivity index (χ0) is 5.70. The monoisotopic (exact) mass is 98.1 g/mol. The average molecular weight is 98.1 g/mol. The van der Waals surface area contributed by atoms with E-state index < -0.39 is 0 Å². The lowest BCUT2D eigenvalue weighted by molar-refractivity contribution is 1.41. The Hall–Kier alpha value is -0.920. The molecular weight excluding hydrogens is 88.1 g/mol. The van der Waals surface area contributed by atoms with Gasteiger partial charge in [-0.05, 0) is 31.0 Å². The number of allylic oxidation sites excluding steroid dienone is 2. The van der Waals surface area contributed by atoms with E-state index in [1.807, 2.05) is 6.92 Å². The van der Waals surface area contributed by atoms with Gasteiger partial charge in [-0.2, -0.15) is 0 Å². The second-order valence-electron chi connectivity index (χ2n) is 1.27. The summed E-state index contributed by atoms with van der Waals surface area (Å²) in [4.78, 5) is 0. The van der Waals surface area contributed by atoms with Crippen molar-refractivity contribution in [3.05, 3.63) is 24.0 Å². The minimum absolute atomic E-state index is 0.975. The standard InChI is InChI=1S/C5H10N2/c1-5(4-7)2-3-6/h2-4H,6-7H2,1H3/b3-2-,5-4+. The van der Waals surface area contributed by atoms with Gasteiger partial charge < -0.3 is 11.5 Å². The van der Waals surface area contributed by atoms with Gasteiger partial charge in [0, 0.05) is 0 Å². The van der Waals surface area contributed by atoms with Crippen LogP contribution in [0.3, 0.4) is 0 Å². The van der Waals surface area contributed by atoms with Crippen molar-refractivity contribution in [2.75, 3.05) is 0 Å². The van der Waals surface area contributed by atoms with Crippen molar-refractivity contribution < 1.29 is 0 Å². The Labute approximate surface area is 43.5 Å². The van der Waals surface area contributed by atoms with E-state index in [1.54, 1.807) is 6.08 Å². The Morgan fingerprint density at radius 3 is 2.14 bits per heavy atom. The van der Waals surface area contributed by atoms with E-state index in [4.69, 9.17) is 11.5 Å². The smallest absolute Gasteiger partial charge is 0.00320 e. The first-order valence-electron chi connectivity index (χ1n) is 2.08. The van der Waals surface area contributed by atoms with Crippen LogP contribution in [0.2, 0.25) is 0 Å². The third-order valence-electron chi connectivity index (χ3n) is 0.622. The molecular formula is C5H10N2. The van der Waals surface area contributed by atoms with Gasteiger partial charge in [-0.1, -0.05) is 0 Å². The molecule has 0 rings (SSSR count). The molecule has 0 radical (unpaired) electrons. The van der Waals surface area contributed by atoms with E-state index in [0.717, 1.165) is 5.57 Å². The minimum atomic E-state index is 0.975. The molecule has 7 heavy (non-hydrogen) atoms. The van der Waals surface area contributed by atoms with Gasteiger partial charge in [0.15, 0.2) is 0 Å². The second-order valence-corrected chi connectivity index (χ2v) is 1.27. The minimum Gasteiger partial charge on any atom is -0.405 e. The molecule has 0 saturated carbocycles. The molecule has 0 saturated heterocycles. The molecule has 0 unspecified atom stereocenters. The predicted octanol–water partition coefficient (Wildman–Crippen LogP) is 0.321. The van der Waals surface area contributed by atoms with Crippen LogP contribution in [0.4, 0.5) is 0 Å². The van der Waals surface area contributed by atoms with Crippen LogP contribution in [0.25, 0.3) is 0 Å². The largest absolute Gasteiger partial charge is 0.405 e. The van der Waals surface area contributed by atoms with Crippen molar-refractivity contribution in [3.63, 3.8) is 0 Å². The van der Waals surface area contributed by atoms with Gasteiger partial charge >= 0.3 is 0 Å². The summed E-state index contributed by atoms with van der Waals surface area (Å²) in [6.07, 6.45) is 4.70. The molecule has 0 aromatic carbocycles. The molecule has 0 aliphatic heterocycles. The Kier molecular flexibility index (Phi) is 2.85. The number of nitrogens with two attached hydrogens (primary N) is 2. The topological polar surface area (TPSA) is 52.0 Å². The molecule has 2 heteroatoms. The lowest BCUT2D eigenvalue weighted by Crippen LogP contribution is -1.82. The maximum absolute atomic E-state index is 5.09. The van der Waals surface area contributed by atoms with Crippen LogP contribution in [0.15, 0.2) is 24.0 Å². The molecule has 0 aliphatic carbocycles. The van der Waals surface area contributed by atoms with E-state index in [2.05, 4.69) is 0 Å². The zero-order valence-corrected chi connectivity index (χ0v) is 4.39. The number of hydrogen-bond acceptors (Lipinski definition) is 2. The molecule has 4 N–H and O–H groups in total. The summed E-state index contributed by atoms with van der Waals surface area (Å²) in [5.74, 6) is 0. The second kappa shape index (κ2) is 3.28. The van der Waals surface area contributed by atoms with E-state index in [9.17, 15) is 0 Å². The summed E-state index contributed by atoms with van der Waals surface area (Å²) in [7, 11) is 0. The van der Waals surface area contributed by atoms with E-state index in [1.165, 1.54) is 12.4 Å². The fourth-order valence-electron chi connectivity index (χ4n) is 0.207. The summed E-state index contributed by atoms with van der Waals surface area (Å²) in [5.41, 5.74) is 11.1. The van der Waals surface area contributed by atoms with Gasteiger partial charge in [-0.15, -0.1) is 0 Å². The van der Waals surface area contributed by atoms with Crippen LogP contribution in [0.1, 0.15) is 6.92 Å².